The van der Waals surface area contributed by atoms with Gasteiger partial charge >= 0.3 is 6.18 Å². The molecule has 0 spiro atoms. The lowest BCUT2D eigenvalue weighted by molar-refractivity contribution is -0.137. The normalized spacial score (nSPS) is 14.0. The van der Waals surface area contributed by atoms with Crippen LogP contribution in [0.5, 0.6) is 0 Å². The van der Waals surface area contributed by atoms with Crippen LogP contribution in [0, 0.1) is 0 Å². The third-order valence-corrected chi connectivity index (χ3v) is 2.93. The summed E-state index contributed by atoms with van der Waals surface area (Å²) in [6.07, 6.45) is -2.11. The zero-order chi connectivity index (χ0) is 11.8. The predicted molar refractivity (Wildman–Crippen MR) is 49.5 cm³/mol. The molecule has 0 aliphatic carbocycles. The van der Waals surface area contributed by atoms with E-state index in [2.05, 4.69) is 20.2 Å². The third-order valence-electron chi connectivity index (χ3n) is 1.80. The van der Waals surface area contributed by atoms with Gasteiger partial charge in [0.2, 0.25) is 0 Å². The molecule has 5 nitrogen and oxygen atoms in total. The Morgan fingerprint density at radius 2 is 2.12 bits per heavy atom. The van der Waals surface area contributed by atoms with Gasteiger partial charge in [-0.3, -0.25) is 5.10 Å². The van der Waals surface area contributed by atoms with Crippen LogP contribution in [-0.4, -0.2) is 20.2 Å². The molecule has 1 atom stereocenters. The van der Waals surface area contributed by atoms with Crippen LogP contribution < -0.4 is 5.73 Å². The van der Waals surface area contributed by atoms with E-state index >= 15 is 0 Å². The number of rotatable bonds is 2. The van der Waals surface area contributed by atoms with Gasteiger partial charge in [0, 0.05) is 11.1 Å². The maximum Gasteiger partial charge on any atom is 0.443 e. The molecule has 2 aromatic rings. The number of hydrogen-bond acceptors (Lipinski definition) is 5. The number of nitrogens with two attached hydrogens (primary N) is 1. The van der Waals surface area contributed by atoms with Crippen LogP contribution >= 0.6 is 11.3 Å². The van der Waals surface area contributed by atoms with E-state index in [-0.39, 0.29) is 4.88 Å². The number of alkyl halides is 3. The Morgan fingerprint density at radius 1 is 1.38 bits per heavy atom. The van der Waals surface area contributed by atoms with Crippen molar-refractivity contribution in [3.63, 3.8) is 0 Å². The van der Waals surface area contributed by atoms with Crippen LogP contribution in [-0.2, 0) is 6.18 Å². The summed E-state index contributed by atoms with van der Waals surface area (Å²) < 4.78 is 36.8. The lowest BCUT2D eigenvalue weighted by Gasteiger charge is -2.03. The number of nitrogens with one attached hydrogen (secondary N) is 1. The molecule has 86 valence electrons. The van der Waals surface area contributed by atoms with Gasteiger partial charge in [-0.15, -0.1) is 11.3 Å². The molecular formula is C7H6F3N5S. The van der Waals surface area contributed by atoms with Crippen molar-refractivity contribution in [2.45, 2.75) is 12.2 Å². The number of hydrogen-bond donors (Lipinski definition) is 2. The van der Waals surface area contributed by atoms with E-state index in [1.54, 1.807) is 0 Å². The fraction of sp³-hybridized carbons (Fsp3) is 0.286. The first-order chi connectivity index (χ1) is 7.48. The highest BCUT2D eigenvalue weighted by Gasteiger charge is 2.35. The predicted octanol–water partition coefficient (Wildman–Crippen LogP) is 1.33. The first-order valence-corrected chi connectivity index (χ1v) is 4.94. The number of thiazole rings is 1. The van der Waals surface area contributed by atoms with Crippen LogP contribution in [0.15, 0.2) is 12.5 Å². The smallest absolute Gasteiger partial charge is 0.317 e. The molecule has 0 saturated carbocycles. The number of aromatic nitrogens is 4. The molecule has 0 aliphatic rings. The Hall–Kier alpha value is -1.48. The van der Waals surface area contributed by atoms with E-state index in [1.165, 1.54) is 6.33 Å². The van der Waals surface area contributed by atoms with Crippen LogP contribution in [0.4, 0.5) is 13.2 Å². The van der Waals surface area contributed by atoms with Crippen molar-refractivity contribution < 1.29 is 13.2 Å². The van der Waals surface area contributed by atoms with E-state index in [9.17, 15) is 13.2 Å². The van der Waals surface area contributed by atoms with Crippen molar-refractivity contribution in [2.75, 3.05) is 0 Å². The number of nitrogens with zero attached hydrogens (tertiary/aromatic N) is 3. The summed E-state index contributed by atoms with van der Waals surface area (Å²) in [5.41, 5.74) is 5.69. The minimum atomic E-state index is -4.44. The Kier molecular flexibility index (Phi) is 2.64. The van der Waals surface area contributed by atoms with Crippen LogP contribution in [0.3, 0.4) is 0 Å². The number of H-pyrrole nitrogens is 1. The van der Waals surface area contributed by atoms with Gasteiger partial charge in [-0.1, -0.05) is 0 Å². The Bertz CT molecular complexity index is 463. The maximum absolute atomic E-state index is 12.3. The van der Waals surface area contributed by atoms with Crippen molar-refractivity contribution in [1.82, 2.24) is 20.2 Å². The summed E-state index contributed by atoms with van der Waals surface area (Å²) in [5.74, 6) is 0.303. The van der Waals surface area contributed by atoms with E-state index in [0.717, 1.165) is 6.20 Å². The van der Waals surface area contributed by atoms with Gasteiger partial charge in [-0.2, -0.15) is 18.3 Å². The molecule has 0 fully saturated rings. The van der Waals surface area contributed by atoms with Gasteiger partial charge in [-0.05, 0) is 0 Å². The highest BCUT2D eigenvalue weighted by molar-refractivity contribution is 7.11. The summed E-state index contributed by atoms with van der Waals surface area (Å²) in [5, 5.41) is 5.15. The molecule has 0 radical (unpaired) electrons. The topological polar surface area (TPSA) is 80.5 Å². The molecule has 0 aliphatic heterocycles. The second-order valence-corrected chi connectivity index (χ2v) is 3.98. The van der Waals surface area contributed by atoms with Crippen molar-refractivity contribution >= 4 is 11.3 Å². The van der Waals surface area contributed by atoms with E-state index in [4.69, 9.17) is 5.73 Å². The Morgan fingerprint density at radius 3 is 2.62 bits per heavy atom. The molecule has 2 rings (SSSR count). The Balaban J connectivity index is 2.26. The lowest BCUT2D eigenvalue weighted by Crippen LogP contribution is -2.12. The molecule has 2 heterocycles. The van der Waals surface area contributed by atoms with E-state index in [1.807, 2.05) is 0 Å². The van der Waals surface area contributed by atoms with Gasteiger partial charge in [0.1, 0.15) is 18.2 Å². The average molecular weight is 249 g/mol. The summed E-state index contributed by atoms with van der Waals surface area (Å²) in [4.78, 5) is 7.32. The number of halogens is 3. The van der Waals surface area contributed by atoms with Crippen LogP contribution in [0.25, 0.3) is 0 Å². The largest absolute Gasteiger partial charge is 0.443 e. The first-order valence-electron chi connectivity index (χ1n) is 4.12. The van der Waals surface area contributed by atoms with Gasteiger partial charge in [0.05, 0.1) is 0 Å². The Labute approximate surface area is 91.5 Å². The fourth-order valence-corrected chi connectivity index (χ4v) is 1.85. The minimum absolute atomic E-state index is 0.282. The van der Waals surface area contributed by atoms with Gasteiger partial charge in [0.25, 0.3) is 0 Å². The lowest BCUT2D eigenvalue weighted by atomic mass is 10.3. The van der Waals surface area contributed by atoms with Crippen molar-refractivity contribution in [3.8, 4) is 0 Å². The van der Waals surface area contributed by atoms with Gasteiger partial charge in [-0.25, -0.2) is 9.97 Å². The third kappa shape index (κ3) is 2.04. The minimum Gasteiger partial charge on any atom is -0.317 e. The van der Waals surface area contributed by atoms with E-state index < -0.39 is 17.2 Å². The van der Waals surface area contributed by atoms with Crippen molar-refractivity contribution in [2.24, 2.45) is 5.73 Å². The van der Waals surface area contributed by atoms with Crippen molar-refractivity contribution in [3.05, 3.63) is 28.2 Å². The molecule has 1 unspecified atom stereocenters. The number of aromatic amines is 1. The van der Waals surface area contributed by atoms with Crippen molar-refractivity contribution in [1.29, 1.82) is 0 Å². The summed E-state index contributed by atoms with van der Waals surface area (Å²) in [6.45, 7) is 0. The second-order valence-electron chi connectivity index (χ2n) is 2.91. The highest BCUT2D eigenvalue weighted by Crippen LogP contribution is 2.34. The summed E-state index contributed by atoms with van der Waals surface area (Å²) >= 11 is 0.497. The molecule has 2 aromatic heterocycles. The maximum atomic E-state index is 12.3. The van der Waals surface area contributed by atoms with Gasteiger partial charge in [0.15, 0.2) is 5.01 Å². The standard InChI is InChI=1S/C7H6F3N5S/c8-7(9,10)6-12-1-3(16-6)4(11)5-13-2-14-15-5/h1-2,4H,11H2,(H,13,14,15). The molecule has 3 N–H and O–H groups in total. The average Bonchev–Trinajstić information content (AvgIpc) is 2.87. The summed E-state index contributed by atoms with van der Waals surface area (Å²) in [6, 6.07) is -0.768. The SMILES string of the molecule is NC(c1ncn[nH]1)c1cnc(C(F)(F)F)s1. The second kappa shape index (κ2) is 3.83. The monoisotopic (exact) mass is 249 g/mol. The molecule has 0 aromatic carbocycles. The zero-order valence-corrected chi connectivity index (χ0v) is 8.51. The molecule has 0 amide bonds. The molecule has 9 heteroatoms. The quantitative estimate of drug-likeness (QED) is 0.841. The molecule has 0 bridgehead atoms. The van der Waals surface area contributed by atoms with Gasteiger partial charge < -0.3 is 5.73 Å². The zero-order valence-electron chi connectivity index (χ0n) is 7.69. The van der Waals surface area contributed by atoms with E-state index in [0.29, 0.717) is 17.2 Å². The fourth-order valence-electron chi connectivity index (χ4n) is 1.06. The first kappa shape index (κ1) is 11.0. The molecule has 16 heavy (non-hydrogen) atoms. The molecular weight excluding hydrogens is 243 g/mol. The summed E-state index contributed by atoms with van der Waals surface area (Å²) in [7, 11) is 0. The molecule has 0 saturated heterocycles. The van der Waals surface area contributed by atoms with Crippen LogP contribution in [0.1, 0.15) is 21.8 Å². The van der Waals surface area contributed by atoms with Crippen LogP contribution in [0.2, 0.25) is 0 Å². The highest BCUT2D eigenvalue weighted by atomic mass is 32.1.